The summed E-state index contributed by atoms with van der Waals surface area (Å²) >= 11 is 1.96. The first kappa shape index (κ1) is 32.9. The molecule has 20 nitrogen and oxygen atoms in total. The van der Waals surface area contributed by atoms with Crippen molar-refractivity contribution in [3.05, 3.63) is 23.3 Å². The van der Waals surface area contributed by atoms with Crippen LogP contribution in [-0.2, 0) is 24.0 Å². The number of nitrogen functional groups attached to an aromatic ring is 2. The Morgan fingerprint density at radius 1 is 1.31 bits per heavy atom. The summed E-state index contributed by atoms with van der Waals surface area (Å²) < 4.78 is 5.41. The van der Waals surface area contributed by atoms with Crippen molar-refractivity contribution in [2.24, 2.45) is 10.9 Å². The summed E-state index contributed by atoms with van der Waals surface area (Å²) in [6, 6.07) is -2.35. The molecule has 2 aliphatic heterocycles. The molecular formula is C23H31N12O8S2+. The van der Waals surface area contributed by atoms with E-state index in [-0.39, 0.29) is 47.0 Å². The average molecular weight is 668 g/mol. The normalized spacial score (nSPS) is 18.9. The topological polar surface area (TPSA) is 310 Å². The Hall–Kier alpha value is -4.96. The van der Waals surface area contributed by atoms with Gasteiger partial charge in [0.15, 0.2) is 16.6 Å². The Morgan fingerprint density at radius 2 is 2.02 bits per heavy atom. The first-order valence-corrected chi connectivity index (χ1v) is 14.9. The zero-order valence-corrected chi connectivity index (χ0v) is 25.7. The van der Waals surface area contributed by atoms with E-state index in [1.165, 1.54) is 36.5 Å². The summed E-state index contributed by atoms with van der Waals surface area (Å²) in [6.45, 7) is 4.58. The van der Waals surface area contributed by atoms with Gasteiger partial charge in [-0.05, 0) is 13.8 Å². The molecule has 3 atom stereocenters. The molecule has 1 saturated heterocycles. The van der Waals surface area contributed by atoms with Gasteiger partial charge < -0.3 is 42.9 Å². The van der Waals surface area contributed by atoms with E-state index in [0.717, 1.165) is 16.4 Å². The van der Waals surface area contributed by atoms with Gasteiger partial charge in [-0.1, -0.05) is 5.16 Å². The number of anilines is 3. The van der Waals surface area contributed by atoms with E-state index in [9.17, 15) is 34.2 Å². The van der Waals surface area contributed by atoms with Crippen LogP contribution < -0.4 is 37.8 Å². The Morgan fingerprint density at radius 3 is 2.62 bits per heavy atom. The number of urea groups is 1. The lowest BCUT2D eigenvalue weighted by atomic mass is 9.99. The second-order valence-corrected chi connectivity index (χ2v) is 12.1. The predicted molar refractivity (Wildman–Crippen MR) is 160 cm³/mol. The van der Waals surface area contributed by atoms with Gasteiger partial charge in [-0.3, -0.25) is 19.8 Å². The van der Waals surface area contributed by atoms with E-state index in [0.29, 0.717) is 5.57 Å². The highest BCUT2D eigenvalue weighted by atomic mass is 32.2. The molecule has 0 saturated carbocycles. The minimum atomic E-state index is -1.82. The monoisotopic (exact) mass is 667 g/mol. The van der Waals surface area contributed by atoms with E-state index in [4.69, 9.17) is 22.0 Å². The van der Waals surface area contributed by atoms with Gasteiger partial charge in [-0.15, -0.1) is 21.5 Å². The Kier molecular flexibility index (Phi) is 9.48. The van der Waals surface area contributed by atoms with Crippen molar-refractivity contribution >= 4 is 75.4 Å². The molecule has 0 radical (unpaired) electrons. The van der Waals surface area contributed by atoms with Gasteiger partial charge in [-0.2, -0.15) is 9.36 Å². The molecule has 4 heterocycles. The highest BCUT2D eigenvalue weighted by Crippen LogP contribution is 2.42. The van der Waals surface area contributed by atoms with Crippen molar-refractivity contribution in [2.45, 2.75) is 43.8 Å². The number of oxime groups is 1. The zero-order valence-electron chi connectivity index (χ0n) is 24.1. The number of carbonyl (C=O) groups excluding carboxylic acids is 3. The van der Waals surface area contributed by atoms with Gasteiger partial charge >= 0.3 is 18.0 Å². The van der Waals surface area contributed by atoms with Crippen LogP contribution in [0, 0.1) is 0 Å². The number of amides is 4. The number of aromatic amines is 1. The molecule has 1 unspecified atom stereocenters. The predicted octanol–water partition coefficient (Wildman–Crippen LogP) is -2.02. The molecule has 0 spiro atoms. The van der Waals surface area contributed by atoms with E-state index < -0.39 is 58.6 Å². The van der Waals surface area contributed by atoms with Crippen LogP contribution in [0.5, 0.6) is 0 Å². The molecule has 2 aromatic heterocycles. The van der Waals surface area contributed by atoms with Gasteiger partial charge in [0, 0.05) is 42.9 Å². The Labute approximate surface area is 262 Å². The summed E-state index contributed by atoms with van der Waals surface area (Å²) in [5, 5.41) is 32.8. The maximum atomic E-state index is 13.3. The van der Waals surface area contributed by atoms with Crippen LogP contribution in [0.2, 0.25) is 0 Å². The zero-order chi connectivity index (χ0) is 33.2. The first-order chi connectivity index (χ1) is 21.2. The Balaban J connectivity index is 1.55. The second kappa shape index (κ2) is 13.0. The number of aromatic nitrogens is 4. The molecule has 4 rings (SSSR count). The van der Waals surface area contributed by atoms with Gasteiger partial charge in [0.1, 0.15) is 17.1 Å². The quantitative estimate of drug-likeness (QED) is 0.0511. The highest BCUT2D eigenvalue weighted by molar-refractivity contribution is 8.00. The fraction of sp³-hybridized carbons (Fsp3) is 0.435. The molecule has 45 heavy (non-hydrogen) atoms. The van der Waals surface area contributed by atoms with E-state index in [2.05, 4.69) is 35.6 Å². The number of rotatable bonds is 12. The fourth-order valence-corrected chi connectivity index (χ4v) is 6.05. The summed E-state index contributed by atoms with van der Waals surface area (Å²) in [6.07, 6.45) is 1.49. The smallest absolute Gasteiger partial charge is 0.352 e. The van der Waals surface area contributed by atoms with Crippen LogP contribution in [0.15, 0.2) is 22.6 Å². The van der Waals surface area contributed by atoms with Crippen molar-refractivity contribution in [1.82, 2.24) is 30.0 Å². The number of fused-ring (bicyclic) bond motifs is 1. The van der Waals surface area contributed by atoms with Crippen LogP contribution >= 0.6 is 23.3 Å². The Bertz CT molecular complexity index is 1600. The molecule has 0 aromatic carbocycles. The van der Waals surface area contributed by atoms with Gasteiger partial charge in [0.2, 0.25) is 29.4 Å². The molecule has 2 aliphatic rings. The van der Waals surface area contributed by atoms with Crippen molar-refractivity contribution in [1.29, 1.82) is 0 Å². The molecule has 4 amide bonds. The molecule has 1 fully saturated rings. The standard InChI is InChI=1S/C23H30N12O8S2/c1-8(34-6-10(14(25)31-34)28-22(42)27-5-4-24)9-7-44-18-12(17(37)35(18)13(9)19(38)39)29-16(36)11(15-30-21(26)45-33-15)32-43-23(2,3)20(40)41/h6,8,12,18H,4-5,7,24H2,1-3H3,(H9,25,26,27,28,29,30,31,33,36,38,39,40,41,42)/p+1/b32-11-/t8?,12-,18-/m1/s1. The van der Waals surface area contributed by atoms with Crippen LogP contribution in [0.1, 0.15) is 32.6 Å². The van der Waals surface area contributed by atoms with Gasteiger partial charge in [0.25, 0.3) is 11.8 Å². The highest BCUT2D eigenvalue weighted by Gasteiger charge is 2.55. The number of carboxylic acid groups (broad SMARTS) is 2. The maximum absolute atomic E-state index is 13.3. The number of nitrogens with one attached hydrogen (secondary N) is 4. The average Bonchev–Trinajstić information content (AvgIpc) is 3.58. The first-order valence-electron chi connectivity index (χ1n) is 13.1. The molecule has 2 aromatic rings. The number of β-lactam (4-membered cyclic amide) rings is 1. The number of hydrogen-bond acceptors (Lipinski definition) is 14. The lowest BCUT2D eigenvalue weighted by Gasteiger charge is -2.49. The maximum Gasteiger partial charge on any atom is 0.352 e. The van der Waals surface area contributed by atoms with Gasteiger partial charge in [0.05, 0.1) is 0 Å². The summed E-state index contributed by atoms with van der Waals surface area (Å²) in [5.74, 6) is -4.42. The number of thioether (sulfide) groups is 1. The van der Waals surface area contributed by atoms with Crippen LogP contribution in [-0.4, -0.2) is 101 Å². The minimum Gasteiger partial charge on any atom is -0.478 e. The lowest BCUT2D eigenvalue weighted by Crippen LogP contribution is -2.71. The van der Waals surface area contributed by atoms with Crippen molar-refractivity contribution in [2.75, 3.05) is 35.6 Å². The largest absolute Gasteiger partial charge is 0.478 e. The van der Waals surface area contributed by atoms with E-state index in [1.807, 2.05) is 0 Å². The van der Waals surface area contributed by atoms with Crippen molar-refractivity contribution in [3.8, 4) is 0 Å². The second-order valence-electron chi connectivity index (χ2n) is 10.2. The van der Waals surface area contributed by atoms with Crippen molar-refractivity contribution < 1.29 is 43.7 Å². The SMILES string of the molecule is CC(C1=C(C(=O)O)N2C(=O)[C@@H](NC(=O)/C(=N\OC(C)(C)C(=O)O)c3nsc(N)n3)[C@H]2SC1)[n+]1cc(NC(=O)NCCN)c(N)[nH]1. The summed E-state index contributed by atoms with van der Waals surface area (Å²) in [7, 11) is 0. The number of carboxylic acids is 2. The van der Waals surface area contributed by atoms with E-state index >= 15 is 0 Å². The number of nitrogens with zero attached hydrogens (tertiary/aromatic N) is 5. The summed E-state index contributed by atoms with van der Waals surface area (Å²) in [5.41, 5.74) is 15.0. The molecule has 0 bridgehead atoms. The van der Waals surface area contributed by atoms with Crippen molar-refractivity contribution in [3.63, 3.8) is 0 Å². The molecule has 22 heteroatoms. The molecule has 0 aliphatic carbocycles. The third-order valence-corrected chi connectivity index (χ3v) is 8.49. The fourth-order valence-electron chi connectivity index (χ4n) is 4.15. The number of aliphatic carboxylic acids is 2. The molecule has 12 N–H and O–H groups in total. The van der Waals surface area contributed by atoms with Gasteiger partial charge in [-0.25, -0.2) is 14.4 Å². The van der Waals surface area contributed by atoms with Crippen LogP contribution in [0.3, 0.4) is 0 Å². The number of nitrogens with two attached hydrogens (primary N) is 3. The third kappa shape index (κ3) is 6.76. The molecular weight excluding hydrogens is 636 g/mol. The molecule has 242 valence electrons. The number of carbonyl (C=O) groups is 5. The number of H-pyrrole nitrogens is 1. The summed E-state index contributed by atoms with van der Waals surface area (Å²) in [4.78, 5) is 72.5. The number of hydrogen-bond donors (Lipinski definition) is 9. The third-order valence-electron chi connectivity index (χ3n) is 6.64. The van der Waals surface area contributed by atoms with E-state index in [1.54, 1.807) is 6.92 Å². The van der Waals surface area contributed by atoms with Crippen LogP contribution in [0.25, 0.3) is 0 Å². The minimum absolute atomic E-state index is 0.00549. The lowest BCUT2D eigenvalue weighted by molar-refractivity contribution is -0.762. The van der Waals surface area contributed by atoms with Crippen LogP contribution in [0.4, 0.5) is 21.4 Å².